The van der Waals surface area contributed by atoms with Gasteiger partial charge in [0.15, 0.2) is 0 Å². The number of pyridine rings is 1. The van der Waals surface area contributed by atoms with E-state index in [9.17, 15) is 10.4 Å². The van der Waals surface area contributed by atoms with Crippen molar-refractivity contribution in [1.29, 1.82) is 5.26 Å². The molecule has 0 saturated heterocycles. The Kier molecular flexibility index (Phi) is 3.99. The summed E-state index contributed by atoms with van der Waals surface area (Å²) in [6.45, 7) is -0.0221. The minimum absolute atomic E-state index is 0.0221. The third-order valence-corrected chi connectivity index (χ3v) is 3.61. The van der Waals surface area contributed by atoms with Crippen LogP contribution in [-0.4, -0.2) is 16.7 Å². The van der Waals surface area contributed by atoms with Crippen LogP contribution in [-0.2, 0) is 0 Å². The highest BCUT2D eigenvalue weighted by Gasteiger charge is 2.12. The van der Waals surface area contributed by atoms with E-state index >= 15 is 0 Å². The zero-order valence-electron chi connectivity index (χ0n) is 11.9. The summed E-state index contributed by atoms with van der Waals surface area (Å²) in [7, 11) is 0. The topological polar surface area (TPSA) is 68.9 Å². The Morgan fingerprint density at radius 2 is 1.91 bits per heavy atom. The van der Waals surface area contributed by atoms with Crippen molar-refractivity contribution >= 4 is 16.6 Å². The zero-order chi connectivity index (χ0) is 15.4. The number of nitriles is 1. The van der Waals surface area contributed by atoms with Gasteiger partial charge in [-0.25, -0.2) is 0 Å². The van der Waals surface area contributed by atoms with E-state index in [1.807, 2.05) is 48.5 Å². The molecule has 1 atom stereocenters. The Morgan fingerprint density at radius 3 is 2.64 bits per heavy atom. The quantitative estimate of drug-likeness (QED) is 0.773. The number of aliphatic hydroxyl groups is 1. The van der Waals surface area contributed by atoms with Crippen molar-refractivity contribution in [2.24, 2.45) is 0 Å². The molecule has 0 fully saturated rings. The highest BCUT2D eigenvalue weighted by atomic mass is 16.3. The van der Waals surface area contributed by atoms with Gasteiger partial charge in [0.2, 0.25) is 0 Å². The number of anilines is 1. The molecule has 0 aliphatic heterocycles. The third-order valence-electron chi connectivity index (χ3n) is 3.61. The second-order valence-corrected chi connectivity index (χ2v) is 4.96. The summed E-state index contributed by atoms with van der Waals surface area (Å²) in [6, 6.07) is 19.1. The number of rotatable bonds is 4. The molecule has 2 aromatic carbocycles. The minimum atomic E-state index is -0.211. The number of aliphatic hydroxyl groups excluding tert-OH is 1. The smallest absolute Gasteiger partial charge is 0.101 e. The van der Waals surface area contributed by atoms with Crippen LogP contribution >= 0.6 is 0 Å². The molecular weight excluding hydrogens is 274 g/mol. The number of nitrogens with zero attached hydrogens (tertiary/aromatic N) is 2. The maximum absolute atomic E-state index is 9.68. The van der Waals surface area contributed by atoms with Crippen LogP contribution in [0, 0.1) is 11.3 Å². The molecule has 22 heavy (non-hydrogen) atoms. The lowest BCUT2D eigenvalue weighted by Crippen LogP contribution is -2.15. The fourth-order valence-electron chi connectivity index (χ4n) is 2.50. The second kappa shape index (κ2) is 6.25. The first-order valence-electron chi connectivity index (χ1n) is 7.03. The fourth-order valence-corrected chi connectivity index (χ4v) is 2.50. The number of hydrogen-bond acceptors (Lipinski definition) is 4. The van der Waals surface area contributed by atoms with Crippen molar-refractivity contribution < 1.29 is 5.11 Å². The van der Waals surface area contributed by atoms with Crippen molar-refractivity contribution in [3.05, 3.63) is 71.9 Å². The fraction of sp³-hybridized carbons (Fsp3) is 0.111. The van der Waals surface area contributed by atoms with Crippen LogP contribution in [0.3, 0.4) is 0 Å². The summed E-state index contributed by atoms with van der Waals surface area (Å²) < 4.78 is 0. The highest BCUT2D eigenvalue weighted by Crippen LogP contribution is 2.27. The van der Waals surface area contributed by atoms with Gasteiger partial charge in [0.25, 0.3) is 0 Å². The average Bonchev–Trinajstić information content (AvgIpc) is 2.60. The Labute approximate surface area is 128 Å². The molecule has 0 spiro atoms. The lowest BCUT2D eigenvalue weighted by molar-refractivity contribution is 0.276. The van der Waals surface area contributed by atoms with Crippen molar-refractivity contribution in [3.8, 4) is 6.07 Å². The number of hydrogen-bond donors (Lipinski definition) is 2. The summed E-state index contributed by atoms with van der Waals surface area (Å²) in [5.74, 6) is 0. The van der Waals surface area contributed by atoms with Crippen LogP contribution in [0.2, 0.25) is 0 Å². The van der Waals surface area contributed by atoms with E-state index in [1.54, 1.807) is 12.3 Å². The monoisotopic (exact) mass is 289 g/mol. The molecule has 3 aromatic rings. The number of benzene rings is 2. The summed E-state index contributed by atoms with van der Waals surface area (Å²) in [4.78, 5) is 4.29. The Bertz CT molecular complexity index is 825. The van der Waals surface area contributed by atoms with Gasteiger partial charge in [-0.05, 0) is 17.7 Å². The van der Waals surface area contributed by atoms with Gasteiger partial charge in [-0.2, -0.15) is 5.26 Å². The third kappa shape index (κ3) is 2.62. The van der Waals surface area contributed by atoms with E-state index in [0.29, 0.717) is 11.1 Å². The first-order valence-corrected chi connectivity index (χ1v) is 7.03. The average molecular weight is 289 g/mol. The zero-order valence-corrected chi connectivity index (χ0v) is 11.9. The Balaban J connectivity index is 2.02. The van der Waals surface area contributed by atoms with Crippen molar-refractivity contribution in [3.63, 3.8) is 0 Å². The standard InChI is InChI=1S/C18H15N3O/c19-11-14-7-4-8-15-16(9-10-20-18(14)15)21-17(12-22)13-5-2-1-3-6-13/h1-10,17,22H,12H2,(H,20,21)/t17-/m1/s1. The van der Waals surface area contributed by atoms with E-state index < -0.39 is 0 Å². The van der Waals surface area contributed by atoms with Gasteiger partial charge < -0.3 is 10.4 Å². The molecule has 4 heteroatoms. The molecule has 3 rings (SSSR count). The molecule has 0 saturated carbocycles. The summed E-state index contributed by atoms with van der Waals surface area (Å²) in [5.41, 5.74) is 3.07. The first kappa shape index (κ1) is 14.1. The van der Waals surface area contributed by atoms with Gasteiger partial charge in [-0.3, -0.25) is 4.98 Å². The first-order chi connectivity index (χ1) is 10.8. The van der Waals surface area contributed by atoms with E-state index in [2.05, 4.69) is 16.4 Å². The molecule has 0 bridgehead atoms. The van der Waals surface area contributed by atoms with Gasteiger partial charge in [-0.1, -0.05) is 42.5 Å². The maximum Gasteiger partial charge on any atom is 0.101 e. The molecule has 1 aromatic heterocycles. The molecule has 0 radical (unpaired) electrons. The predicted octanol–water partition coefficient (Wildman–Crippen LogP) is 3.25. The molecule has 4 nitrogen and oxygen atoms in total. The van der Waals surface area contributed by atoms with Crippen LogP contribution in [0.4, 0.5) is 5.69 Å². The van der Waals surface area contributed by atoms with Gasteiger partial charge >= 0.3 is 0 Å². The summed E-state index contributed by atoms with van der Waals surface area (Å²) in [5, 5.41) is 23.1. The second-order valence-electron chi connectivity index (χ2n) is 4.96. The van der Waals surface area contributed by atoms with Crippen LogP contribution in [0.5, 0.6) is 0 Å². The maximum atomic E-state index is 9.68. The minimum Gasteiger partial charge on any atom is -0.394 e. The van der Waals surface area contributed by atoms with Crippen LogP contribution in [0.1, 0.15) is 17.2 Å². The predicted molar refractivity (Wildman–Crippen MR) is 86.3 cm³/mol. The molecule has 0 aliphatic carbocycles. The molecular formula is C18H15N3O. The van der Waals surface area contributed by atoms with E-state index in [4.69, 9.17) is 0 Å². The lowest BCUT2D eigenvalue weighted by Gasteiger charge is -2.19. The van der Waals surface area contributed by atoms with Crippen molar-refractivity contribution in [2.45, 2.75) is 6.04 Å². The molecule has 0 aliphatic rings. The van der Waals surface area contributed by atoms with Crippen LogP contribution in [0.25, 0.3) is 10.9 Å². The van der Waals surface area contributed by atoms with Crippen LogP contribution in [0.15, 0.2) is 60.8 Å². The van der Waals surface area contributed by atoms with E-state index in [-0.39, 0.29) is 12.6 Å². The van der Waals surface area contributed by atoms with Gasteiger partial charge in [-0.15, -0.1) is 0 Å². The largest absolute Gasteiger partial charge is 0.394 e. The summed E-state index contributed by atoms with van der Waals surface area (Å²) >= 11 is 0. The molecule has 1 heterocycles. The van der Waals surface area contributed by atoms with E-state index in [0.717, 1.165) is 16.6 Å². The van der Waals surface area contributed by atoms with Crippen LogP contribution < -0.4 is 5.32 Å². The SMILES string of the molecule is N#Cc1cccc2c(N[C@H](CO)c3ccccc3)ccnc12. The number of fused-ring (bicyclic) bond motifs is 1. The van der Waals surface area contributed by atoms with Gasteiger partial charge in [0.1, 0.15) is 6.07 Å². The van der Waals surface area contributed by atoms with Crippen molar-refractivity contribution in [2.75, 3.05) is 11.9 Å². The van der Waals surface area contributed by atoms with Gasteiger partial charge in [0.05, 0.1) is 23.7 Å². The van der Waals surface area contributed by atoms with Crippen molar-refractivity contribution in [1.82, 2.24) is 4.98 Å². The van der Waals surface area contributed by atoms with E-state index in [1.165, 1.54) is 0 Å². The highest BCUT2D eigenvalue weighted by molar-refractivity contribution is 5.94. The lowest BCUT2D eigenvalue weighted by atomic mass is 10.1. The number of aromatic nitrogens is 1. The summed E-state index contributed by atoms with van der Waals surface area (Å²) in [6.07, 6.45) is 1.67. The Morgan fingerprint density at radius 1 is 1.09 bits per heavy atom. The Hall–Kier alpha value is -2.90. The number of para-hydroxylation sites is 1. The molecule has 108 valence electrons. The molecule has 2 N–H and O–H groups in total. The number of nitrogens with one attached hydrogen (secondary N) is 1. The normalized spacial score (nSPS) is 11.8. The molecule has 0 unspecified atom stereocenters. The molecule has 0 amide bonds. The van der Waals surface area contributed by atoms with Gasteiger partial charge in [0, 0.05) is 17.3 Å².